The van der Waals surface area contributed by atoms with Gasteiger partial charge in [0, 0.05) is 35.6 Å². The van der Waals surface area contributed by atoms with Crippen molar-refractivity contribution >= 4 is 28.3 Å². The maximum Gasteiger partial charge on any atom is 0.120 e. The number of aliphatic hydroxyl groups excluding tert-OH is 1. The molecule has 1 aromatic heterocycles. The fourth-order valence-electron chi connectivity index (χ4n) is 2.56. The number of aromatic nitrogens is 2. The number of H-pyrrole nitrogens is 1. The molecule has 2 unspecified atom stereocenters. The van der Waals surface area contributed by atoms with Gasteiger partial charge in [0.15, 0.2) is 0 Å². The summed E-state index contributed by atoms with van der Waals surface area (Å²) in [5, 5.41) is 16.3. The molecule has 0 aliphatic carbocycles. The molecule has 5 nitrogen and oxygen atoms in total. The van der Waals surface area contributed by atoms with Gasteiger partial charge in [0.2, 0.25) is 0 Å². The van der Waals surface area contributed by atoms with Crippen LogP contribution in [0.2, 0.25) is 0 Å². The summed E-state index contributed by atoms with van der Waals surface area (Å²) >= 11 is 3.48. The molecule has 2 heterocycles. The quantitative estimate of drug-likeness (QED) is 0.632. The number of imidazole rings is 1. The van der Waals surface area contributed by atoms with Crippen LogP contribution in [-0.2, 0) is 6.54 Å². The molecule has 22 heavy (non-hydrogen) atoms. The van der Waals surface area contributed by atoms with Crippen LogP contribution in [0.15, 0.2) is 34.9 Å². The summed E-state index contributed by atoms with van der Waals surface area (Å²) in [5.74, 6) is 1.19. The largest absolute Gasteiger partial charge is 0.391 e. The van der Waals surface area contributed by atoms with Crippen molar-refractivity contribution in [3.05, 3.63) is 40.8 Å². The van der Waals surface area contributed by atoms with Gasteiger partial charge in [-0.25, -0.2) is 4.98 Å². The predicted octanol–water partition coefficient (Wildman–Crippen LogP) is 1.93. The van der Waals surface area contributed by atoms with Crippen LogP contribution >= 0.6 is 28.3 Å². The molecule has 1 aliphatic heterocycles. The van der Waals surface area contributed by atoms with E-state index in [0.29, 0.717) is 13.1 Å². The van der Waals surface area contributed by atoms with E-state index in [1.54, 1.807) is 0 Å². The summed E-state index contributed by atoms with van der Waals surface area (Å²) in [5.41, 5.74) is 2.12. The minimum Gasteiger partial charge on any atom is -0.391 e. The van der Waals surface area contributed by atoms with Crippen molar-refractivity contribution in [2.24, 2.45) is 5.92 Å². The Bertz CT molecular complexity index is 607. The monoisotopic (exact) mass is 386 g/mol. The van der Waals surface area contributed by atoms with Gasteiger partial charge in [0.05, 0.1) is 24.5 Å². The van der Waals surface area contributed by atoms with E-state index in [-0.39, 0.29) is 24.4 Å². The summed E-state index contributed by atoms with van der Waals surface area (Å²) in [4.78, 5) is 7.71. The third kappa shape index (κ3) is 4.30. The second-order valence-electron chi connectivity index (χ2n) is 5.37. The minimum atomic E-state index is -0.244. The molecule has 0 bridgehead atoms. The Kier molecular flexibility index (Phi) is 6.40. The lowest BCUT2D eigenvalue weighted by molar-refractivity contribution is 0.146. The van der Waals surface area contributed by atoms with Gasteiger partial charge < -0.3 is 20.7 Å². The second kappa shape index (κ2) is 8.08. The summed E-state index contributed by atoms with van der Waals surface area (Å²) < 4.78 is 1.05. The first-order chi connectivity index (χ1) is 10.2. The molecule has 2 aromatic rings. The van der Waals surface area contributed by atoms with E-state index >= 15 is 0 Å². The summed E-state index contributed by atoms with van der Waals surface area (Å²) in [7, 11) is 0. The zero-order valence-corrected chi connectivity index (χ0v) is 14.5. The lowest BCUT2D eigenvalue weighted by Crippen LogP contribution is -2.30. The van der Waals surface area contributed by atoms with Crippen molar-refractivity contribution in [1.29, 1.82) is 0 Å². The molecule has 0 saturated carbocycles. The molecule has 3 rings (SSSR count). The molecule has 0 spiro atoms. The van der Waals surface area contributed by atoms with E-state index in [9.17, 15) is 5.11 Å². The first-order valence-electron chi connectivity index (χ1n) is 7.11. The SMILES string of the molecule is Cl.OC1CNCC1CNCc1ncc(-c2cccc(Br)c2)[nH]1. The molecule has 1 aliphatic rings. The molecule has 4 N–H and O–H groups in total. The van der Waals surface area contributed by atoms with Crippen LogP contribution in [-0.4, -0.2) is 40.8 Å². The van der Waals surface area contributed by atoms with Crippen molar-refractivity contribution in [3.63, 3.8) is 0 Å². The molecule has 120 valence electrons. The highest BCUT2D eigenvalue weighted by molar-refractivity contribution is 9.10. The number of benzene rings is 1. The smallest absolute Gasteiger partial charge is 0.120 e. The van der Waals surface area contributed by atoms with Crippen molar-refractivity contribution in [1.82, 2.24) is 20.6 Å². The molecule has 1 fully saturated rings. The number of β-amino-alcohol motifs (C(OH)–C–C–N with tert-alkyl or cyclic N) is 1. The van der Waals surface area contributed by atoms with Gasteiger partial charge in [0.1, 0.15) is 5.82 Å². The fourth-order valence-corrected chi connectivity index (χ4v) is 2.96. The van der Waals surface area contributed by atoms with Crippen LogP contribution < -0.4 is 10.6 Å². The Labute approximate surface area is 144 Å². The van der Waals surface area contributed by atoms with Gasteiger partial charge >= 0.3 is 0 Å². The number of nitrogens with one attached hydrogen (secondary N) is 3. The second-order valence-corrected chi connectivity index (χ2v) is 6.29. The average molecular weight is 388 g/mol. The van der Waals surface area contributed by atoms with Crippen molar-refractivity contribution in [2.45, 2.75) is 12.6 Å². The molecule has 1 aromatic carbocycles. The summed E-state index contributed by atoms with van der Waals surface area (Å²) in [6.07, 6.45) is 1.61. The number of halogens is 2. The van der Waals surface area contributed by atoms with Gasteiger partial charge in [-0.3, -0.25) is 0 Å². The van der Waals surface area contributed by atoms with Crippen LogP contribution in [0.1, 0.15) is 5.82 Å². The van der Waals surface area contributed by atoms with Crippen molar-refractivity contribution < 1.29 is 5.11 Å². The Balaban J connectivity index is 0.00000176. The molecule has 7 heteroatoms. The highest BCUT2D eigenvalue weighted by Gasteiger charge is 2.24. The Morgan fingerprint density at radius 2 is 2.23 bits per heavy atom. The predicted molar refractivity (Wildman–Crippen MR) is 93.0 cm³/mol. The van der Waals surface area contributed by atoms with Crippen LogP contribution in [0.4, 0.5) is 0 Å². The fraction of sp³-hybridized carbons (Fsp3) is 0.400. The third-order valence-electron chi connectivity index (χ3n) is 3.77. The van der Waals surface area contributed by atoms with Gasteiger partial charge in [0.25, 0.3) is 0 Å². The number of hydrogen-bond acceptors (Lipinski definition) is 4. The molecule has 0 amide bonds. The van der Waals surface area contributed by atoms with E-state index in [0.717, 1.165) is 34.6 Å². The third-order valence-corrected chi connectivity index (χ3v) is 4.26. The summed E-state index contributed by atoms with van der Waals surface area (Å²) in [6.45, 7) is 3.04. The standard InChI is InChI=1S/C15H19BrN4O.ClH/c16-12-3-1-2-10(4-12)13-7-19-15(20-13)9-18-6-11-5-17-8-14(11)21;/h1-4,7,11,14,17-18,21H,5-6,8-9H2,(H,19,20);1H. The van der Waals surface area contributed by atoms with E-state index in [1.165, 1.54) is 0 Å². The van der Waals surface area contributed by atoms with Crippen molar-refractivity contribution in [3.8, 4) is 11.3 Å². The molecule has 0 radical (unpaired) electrons. The normalized spacial score (nSPS) is 20.8. The lowest BCUT2D eigenvalue weighted by atomic mass is 10.1. The lowest BCUT2D eigenvalue weighted by Gasteiger charge is -2.13. The molecular formula is C15H20BrClN4O. The van der Waals surface area contributed by atoms with Gasteiger partial charge in [-0.15, -0.1) is 12.4 Å². The highest BCUT2D eigenvalue weighted by Crippen LogP contribution is 2.21. The van der Waals surface area contributed by atoms with Crippen LogP contribution in [0.25, 0.3) is 11.3 Å². The zero-order chi connectivity index (χ0) is 14.7. The first kappa shape index (κ1) is 17.4. The minimum absolute atomic E-state index is 0. The van der Waals surface area contributed by atoms with E-state index < -0.39 is 0 Å². The summed E-state index contributed by atoms with van der Waals surface area (Å²) in [6, 6.07) is 8.12. The van der Waals surface area contributed by atoms with E-state index in [2.05, 4.69) is 48.7 Å². The zero-order valence-electron chi connectivity index (χ0n) is 12.1. The van der Waals surface area contributed by atoms with Gasteiger partial charge in [-0.2, -0.15) is 0 Å². The number of aromatic amines is 1. The van der Waals surface area contributed by atoms with E-state index in [1.807, 2.05) is 18.3 Å². The first-order valence-corrected chi connectivity index (χ1v) is 7.91. The number of hydrogen-bond donors (Lipinski definition) is 4. The van der Waals surface area contributed by atoms with Crippen LogP contribution in [0.3, 0.4) is 0 Å². The maximum absolute atomic E-state index is 9.73. The van der Waals surface area contributed by atoms with Gasteiger partial charge in [-0.05, 0) is 12.1 Å². The van der Waals surface area contributed by atoms with E-state index in [4.69, 9.17) is 0 Å². The Hall–Kier alpha value is -0.920. The topological polar surface area (TPSA) is 73.0 Å². The Morgan fingerprint density at radius 1 is 1.36 bits per heavy atom. The molecule has 1 saturated heterocycles. The maximum atomic E-state index is 9.73. The van der Waals surface area contributed by atoms with Crippen molar-refractivity contribution in [2.75, 3.05) is 19.6 Å². The van der Waals surface area contributed by atoms with Gasteiger partial charge in [-0.1, -0.05) is 28.1 Å². The number of aliphatic hydroxyl groups is 1. The number of nitrogens with zero attached hydrogens (tertiary/aromatic N) is 1. The Morgan fingerprint density at radius 3 is 2.95 bits per heavy atom. The molecular weight excluding hydrogens is 368 g/mol. The number of rotatable bonds is 5. The highest BCUT2D eigenvalue weighted by atomic mass is 79.9. The van der Waals surface area contributed by atoms with Crippen LogP contribution in [0, 0.1) is 5.92 Å². The average Bonchev–Trinajstić information content (AvgIpc) is 3.09. The molecule has 2 atom stereocenters. The van der Waals surface area contributed by atoms with Crippen LogP contribution in [0.5, 0.6) is 0 Å².